The van der Waals surface area contributed by atoms with Gasteiger partial charge in [0, 0.05) is 17.5 Å². The van der Waals surface area contributed by atoms with E-state index in [4.69, 9.17) is 0 Å². The first-order chi connectivity index (χ1) is 7.75. The van der Waals surface area contributed by atoms with Gasteiger partial charge in [0.25, 0.3) is 0 Å². The third kappa shape index (κ3) is 3.30. The van der Waals surface area contributed by atoms with E-state index in [1.54, 1.807) is 4.88 Å². The van der Waals surface area contributed by atoms with E-state index in [0.29, 0.717) is 0 Å². The Bertz CT molecular complexity index is 313. The van der Waals surface area contributed by atoms with Crippen LogP contribution >= 0.6 is 11.3 Å². The van der Waals surface area contributed by atoms with Crippen molar-refractivity contribution in [1.29, 1.82) is 0 Å². The van der Waals surface area contributed by atoms with Gasteiger partial charge in [-0.2, -0.15) is 0 Å². The summed E-state index contributed by atoms with van der Waals surface area (Å²) >= 11 is 1.89. The van der Waals surface area contributed by atoms with Gasteiger partial charge in [-0.15, -0.1) is 11.3 Å². The van der Waals surface area contributed by atoms with Gasteiger partial charge in [0.1, 0.15) is 0 Å². The molecule has 1 fully saturated rings. The number of aryl methyl sites for hydroxylation is 1. The number of hydrogen-bond donors (Lipinski definition) is 1. The van der Waals surface area contributed by atoms with Crippen LogP contribution < -0.4 is 5.32 Å². The maximum atomic E-state index is 3.69. The van der Waals surface area contributed by atoms with Crippen molar-refractivity contribution in [1.82, 2.24) is 10.2 Å². The Hall–Kier alpha value is -0.380. The molecule has 2 heterocycles. The molecule has 16 heavy (non-hydrogen) atoms. The topological polar surface area (TPSA) is 15.3 Å². The Morgan fingerprint density at radius 2 is 2.19 bits per heavy atom. The van der Waals surface area contributed by atoms with Crippen LogP contribution in [0.5, 0.6) is 0 Å². The molecule has 0 radical (unpaired) electrons. The average molecular weight is 238 g/mol. The highest BCUT2D eigenvalue weighted by atomic mass is 32.1. The van der Waals surface area contributed by atoms with Crippen molar-refractivity contribution in [3.63, 3.8) is 0 Å². The Morgan fingerprint density at radius 3 is 2.81 bits per heavy atom. The molecular weight excluding hydrogens is 216 g/mol. The molecule has 0 bridgehead atoms. The van der Waals surface area contributed by atoms with Crippen LogP contribution in [0.2, 0.25) is 0 Å². The first-order valence-electron chi connectivity index (χ1n) is 6.20. The quantitative estimate of drug-likeness (QED) is 0.866. The molecule has 0 aromatic carbocycles. The minimum Gasteiger partial charge on any atom is -0.314 e. The third-order valence-electron chi connectivity index (χ3n) is 3.47. The fraction of sp³-hybridized carbons (Fsp3) is 0.692. The molecular formula is C13H22N2S. The van der Waals surface area contributed by atoms with Crippen LogP contribution in [0.4, 0.5) is 0 Å². The molecule has 1 saturated heterocycles. The predicted octanol–water partition coefficient (Wildman–Crippen LogP) is 2.28. The van der Waals surface area contributed by atoms with Crippen LogP contribution in [-0.2, 0) is 6.42 Å². The van der Waals surface area contributed by atoms with Crippen LogP contribution in [-0.4, -0.2) is 37.6 Å². The van der Waals surface area contributed by atoms with E-state index in [0.717, 1.165) is 12.6 Å². The van der Waals surface area contributed by atoms with Crippen molar-refractivity contribution < 1.29 is 0 Å². The highest BCUT2D eigenvalue weighted by Gasteiger charge is 2.15. The number of rotatable bonds is 4. The van der Waals surface area contributed by atoms with Gasteiger partial charge in [-0.1, -0.05) is 0 Å². The molecule has 1 aliphatic rings. The molecule has 1 aliphatic heterocycles. The zero-order chi connectivity index (χ0) is 11.4. The standard InChI is InChI=1S/C13H22N2S/c1-11-6-10-16-13(11)3-7-14-12-4-8-15(2)9-5-12/h6,10,12,14H,3-5,7-9H2,1-2H3. The average Bonchev–Trinajstić information content (AvgIpc) is 2.68. The van der Waals surface area contributed by atoms with E-state index < -0.39 is 0 Å². The number of thiophene rings is 1. The summed E-state index contributed by atoms with van der Waals surface area (Å²) in [6.07, 6.45) is 3.80. The molecule has 1 aromatic rings. The lowest BCUT2D eigenvalue weighted by Gasteiger charge is -2.29. The summed E-state index contributed by atoms with van der Waals surface area (Å²) in [5, 5.41) is 5.88. The second kappa shape index (κ2) is 5.80. The minimum atomic E-state index is 0.747. The van der Waals surface area contributed by atoms with Crippen LogP contribution in [0.3, 0.4) is 0 Å². The van der Waals surface area contributed by atoms with Gasteiger partial charge in [0.05, 0.1) is 0 Å². The van der Waals surface area contributed by atoms with Gasteiger partial charge < -0.3 is 10.2 Å². The molecule has 2 rings (SSSR count). The summed E-state index contributed by atoms with van der Waals surface area (Å²) in [5.41, 5.74) is 1.45. The summed E-state index contributed by atoms with van der Waals surface area (Å²) in [6.45, 7) is 5.84. The first kappa shape index (κ1) is 12.1. The van der Waals surface area contributed by atoms with Gasteiger partial charge in [-0.05, 0) is 63.3 Å². The molecule has 0 atom stereocenters. The van der Waals surface area contributed by atoms with Crippen molar-refractivity contribution >= 4 is 11.3 Å². The van der Waals surface area contributed by atoms with E-state index in [-0.39, 0.29) is 0 Å². The zero-order valence-electron chi connectivity index (χ0n) is 10.3. The molecule has 2 nitrogen and oxygen atoms in total. The molecule has 0 aliphatic carbocycles. The van der Waals surface area contributed by atoms with Gasteiger partial charge in [-0.25, -0.2) is 0 Å². The lowest BCUT2D eigenvalue weighted by molar-refractivity contribution is 0.235. The Morgan fingerprint density at radius 1 is 1.44 bits per heavy atom. The van der Waals surface area contributed by atoms with Gasteiger partial charge in [-0.3, -0.25) is 0 Å². The number of likely N-dealkylation sites (tertiary alicyclic amines) is 1. The van der Waals surface area contributed by atoms with E-state index in [2.05, 4.69) is 35.6 Å². The van der Waals surface area contributed by atoms with Crippen molar-refractivity contribution in [2.45, 2.75) is 32.2 Å². The summed E-state index contributed by atoms with van der Waals surface area (Å²) in [5.74, 6) is 0. The van der Waals surface area contributed by atoms with Crippen molar-refractivity contribution in [2.24, 2.45) is 0 Å². The monoisotopic (exact) mass is 238 g/mol. The lowest BCUT2D eigenvalue weighted by atomic mass is 10.1. The van der Waals surface area contributed by atoms with E-state index in [1.807, 2.05) is 11.3 Å². The largest absolute Gasteiger partial charge is 0.314 e. The molecule has 1 N–H and O–H groups in total. The Kier molecular flexibility index (Phi) is 4.38. The fourth-order valence-electron chi connectivity index (χ4n) is 2.26. The van der Waals surface area contributed by atoms with Crippen molar-refractivity contribution in [3.8, 4) is 0 Å². The smallest absolute Gasteiger partial charge is 0.00915 e. The second-order valence-electron chi connectivity index (χ2n) is 4.81. The molecule has 90 valence electrons. The molecule has 0 amide bonds. The van der Waals surface area contributed by atoms with Crippen molar-refractivity contribution in [2.75, 3.05) is 26.7 Å². The maximum Gasteiger partial charge on any atom is 0.00915 e. The normalized spacial score (nSPS) is 19.1. The third-order valence-corrected chi connectivity index (χ3v) is 4.55. The van der Waals surface area contributed by atoms with E-state index >= 15 is 0 Å². The highest BCUT2D eigenvalue weighted by Crippen LogP contribution is 2.16. The Balaban J connectivity index is 1.67. The molecule has 3 heteroatoms. The highest BCUT2D eigenvalue weighted by molar-refractivity contribution is 7.10. The fourth-order valence-corrected chi connectivity index (χ4v) is 3.17. The molecule has 1 aromatic heterocycles. The molecule has 0 unspecified atom stereocenters. The molecule has 0 spiro atoms. The van der Waals surface area contributed by atoms with Crippen LogP contribution in [0, 0.1) is 6.92 Å². The van der Waals surface area contributed by atoms with Crippen molar-refractivity contribution in [3.05, 3.63) is 21.9 Å². The summed E-state index contributed by atoms with van der Waals surface area (Å²) < 4.78 is 0. The van der Waals surface area contributed by atoms with Crippen LogP contribution in [0.1, 0.15) is 23.3 Å². The van der Waals surface area contributed by atoms with Gasteiger partial charge >= 0.3 is 0 Å². The number of nitrogens with zero attached hydrogens (tertiary/aromatic N) is 1. The predicted molar refractivity (Wildman–Crippen MR) is 71.3 cm³/mol. The lowest BCUT2D eigenvalue weighted by Crippen LogP contribution is -2.41. The summed E-state index contributed by atoms with van der Waals surface area (Å²) in [7, 11) is 2.21. The minimum absolute atomic E-state index is 0.747. The SMILES string of the molecule is Cc1ccsc1CCNC1CCN(C)CC1. The second-order valence-corrected chi connectivity index (χ2v) is 5.81. The van der Waals surface area contributed by atoms with Crippen LogP contribution in [0.25, 0.3) is 0 Å². The van der Waals surface area contributed by atoms with Gasteiger partial charge in [0.15, 0.2) is 0 Å². The zero-order valence-corrected chi connectivity index (χ0v) is 11.1. The Labute approximate surface area is 103 Å². The van der Waals surface area contributed by atoms with E-state index in [9.17, 15) is 0 Å². The number of nitrogens with one attached hydrogen (secondary N) is 1. The summed E-state index contributed by atoms with van der Waals surface area (Å²) in [6, 6.07) is 2.96. The first-order valence-corrected chi connectivity index (χ1v) is 7.08. The number of piperidine rings is 1. The summed E-state index contributed by atoms with van der Waals surface area (Å²) in [4.78, 5) is 3.96. The van der Waals surface area contributed by atoms with Crippen LogP contribution in [0.15, 0.2) is 11.4 Å². The maximum absolute atomic E-state index is 3.69. The van der Waals surface area contributed by atoms with E-state index in [1.165, 1.54) is 37.9 Å². The van der Waals surface area contributed by atoms with Gasteiger partial charge in [0.2, 0.25) is 0 Å². The number of hydrogen-bond acceptors (Lipinski definition) is 3. The molecule has 0 saturated carbocycles.